The van der Waals surface area contributed by atoms with Crippen molar-refractivity contribution in [3.63, 3.8) is 0 Å². The third kappa shape index (κ3) is 4.82. The minimum Gasteiger partial charge on any atom is -0.311 e. The molecular weight excluding hydrogens is 711 g/mol. The number of para-hydroxylation sites is 2. The zero-order valence-corrected chi connectivity index (χ0v) is 32.2. The summed E-state index contributed by atoms with van der Waals surface area (Å²) in [7, 11) is 0. The van der Waals surface area contributed by atoms with Crippen LogP contribution in [0, 0.1) is 0 Å². The largest absolute Gasteiger partial charge is 0.311 e. The molecule has 0 saturated heterocycles. The normalized spacial score (nSPS) is 13.0. The summed E-state index contributed by atoms with van der Waals surface area (Å²) in [5.41, 5.74) is 13.5. The quantitative estimate of drug-likeness (QED) is 0.131. The lowest BCUT2D eigenvalue weighted by atomic mass is 9.33. The molecule has 2 aliphatic rings. The van der Waals surface area contributed by atoms with Gasteiger partial charge in [-0.25, -0.2) is 0 Å². The van der Waals surface area contributed by atoms with E-state index in [9.17, 15) is 0 Å². The van der Waals surface area contributed by atoms with Gasteiger partial charge in [-0.2, -0.15) is 0 Å². The molecule has 11 aromatic rings. The van der Waals surface area contributed by atoms with Gasteiger partial charge >= 0.3 is 0 Å². The monoisotopic (exact) mass is 746 g/mol. The highest BCUT2D eigenvalue weighted by Gasteiger charge is 2.44. The van der Waals surface area contributed by atoms with Crippen LogP contribution in [0.5, 0.6) is 0 Å². The third-order valence-corrected chi connectivity index (χ3v) is 12.9. The molecule has 0 aliphatic carbocycles. The van der Waals surface area contributed by atoms with Crippen molar-refractivity contribution >= 4 is 111 Å². The van der Waals surface area contributed by atoms with Gasteiger partial charge in [0.1, 0.15) is 0 Å². The first-order valence-corrected chi connectivity index (χ1v) is 20.5. The van der Waals surface area contributed by atoms with E-state index in [1.165, 1.54) is 104 Å². The molecule has 3 heteroatoms. The maximum atomic E-state index is 2.54. The Labute approximate surface area is 342 Å². The molecule has 13 rings (SSSR count). The molecule has 0 bridgehead atoms. The molecule has 59 heavy (non-hydrogen) atoms. The van der Waals surface area contributed by atoms with E-state index in [0.29, 0.717) is 0 Å². The second-order valence-corrected chi connectivity index (χ2v) is 16.1. The van der Waals surface area contributed by atoms with Gasteiger partial charge in [0, 0.05) is 34.1 Å². The smallest absolute Gasteiger partial charge is 0.252 e. The average Bonchev–Trinajstić information content (AvgIpc) is 3.30. The Morgan fingerprint density at radius 1 is 0.271 bits per heavy atom. The summed E-state index contributed by atoms with van der Waals surface area (Å²) in [6, 6.07) is 79.2. The predicted molar refractivity (Wildman–Crippen MR) is 253 cm³/mol. The Hall–Kier alpha value is -7.62. The fourth-order valence-electron chi connectivity index (χ4n) is 10.2. The second-order valence-electron chi connectivity index (χ2n) is 16.1. The van der Waals surface area contributed by atoms with Gasteiger partial charge in [0.05, 0.1) is 0 Å². The van der Waals surface area contributed by atoms with Crippen molar-refractivity contribution in [2.45, 2.75) is 0 Å². The van der Waals surface area contributed by atoms with Gasteiger partial charge in [-0.05, 0) is 136 Å². The van der Waals surface area contributed by atoms with E-state index in [4.69, 9.17) is 0 Å². The number of anilines is 6. The molecule has 2 nitrogen and oxygen atoms in total. The van der Waals surface area contributed by atoms with Crippen molar-refractivity contribution in [3.8, 4) is 11.1 Å². The zero-order valence-electron chi connectivity index (χ0n) is 32.2. The van der Waals surface area contributed by atoms with E-state index in [1.807, 2.05) is 0 Å². The van der Waals surface area contributed by atoms with Gasteiger partial charge in [-0.15, -0.1) is 0 Å². The van der Waals surface area contributed by atoms with E-state index in [0.717, 1.165) is 11.4 Å². The highest BCUT2D eigenvalue weighted by Crippen LogP contribution is 2.48. The Kier molecular flexibility index (Phi) is 6.85. The summed E-state index contributed by atoms with van der Waals surface area (Å²) in [5, 5.41) is 12.6. The van der Waals surface area contributed by atoms with Crippen LogP contribution in [0.25, 0.3) is 65.0 Å². The van der Waals surface area contributed by atoms with Crippen molar-refractivity contribution in [2.24, 2.45) is 0 Å². The van der Waals surface area contributed by atoms with Gasteiger partial charge in [0.2, 0.25) is 0 Å². The molecule has 11 aromatic carbocycles. The first kappa shape index (κ1) is 32.5. The van der Waals surface area contributed by atoms with Gasteiger partial charge in [-0.1, -0.05) is 158 Å². The SMILES string of the molecule is c1ccc(N2c3cc4c(ccc5ccccc54)cc3B3c4cc5ccc6ccccc6c5cc4N(c4ccccc4)c4cc(-c5ccc6ccccc6c5)cc2c43)cc1. The van der Waals surface area contributed by atoms with Crippen molar-refractivity contribution in [1.29, 1.82) is 0 Å². The van der Waals surface area contributed by atoms with Gasteiger partial charge < -0.3 is 9.80 Å². The standard InChI is InChI=1S/C56H35BN2/c1-3-17-44(18-4-1)58-52-34-48-41(27-24-37-14-9-11-21-46(37)48)30-50(52)57-51-31-42-28-25-38-15-10-12-22-47(38)49(42)35-53(51)59(45-19-5-2-6-20-45)55-33-43(32-54(58)56(55)57)40-26-23-36-13-7-8-16-39(36)29-40/h1-35H. The molecule has 0 spiro atoms. The van der Waals surface area contributed by atoms with Crippen molar-refractivity contribution < 1.29 is 0 Å². The summed E-state index contributed by atoms with van der Waals surface area (Å²) in [6.07, 6.45) is 0. The van der Waals surface area contributed by atoms with E-state index in [-0.39, 0.29) is 6.71 Å². The summed E-state index contributed by atoms with van der Waals surface area (Å²) < 4.78 is 0. The average molecular weight is 747 g/mol. The lowest BCUT2D eigenvalue weighted by Crippen LogP contribution is -2.61. The molecule has 0 amide bonds. The Bertz CT molecular complexity index is 3330. The number of hydrogen-bond acceptors (Lipinski definition) is 2. The summed E-state index contributed by atoms with van der Waals surface area (Å²) in [5.74, 6) is 0. The fraction of sp³-hybridized carbons (Fsp3) is 0. The third-order valence-electron chi connectivity index (χ3n) is 12.9. The number of hydrogen-bond donors (Lipinski definition) is 0. The molecular formula is C56H35BN2. The minimum absolute atomic E-state index is 0.0117. The van der Waals surface area contributed by atoms with Crippen LogP contribution in [0.4, 0.5) is 34.1 Å². The first-order valence-electron chi connectivity index (χ1n) is 20.5. The van der Waals surface area contributed by atoms with Gasteiger partial charge in [0.25, 0.3) is 6.71 Å². The summed E-state index contributed by atoms with van der Waals surface area (Å²) >= 11 is 0. The molecule has 0 unspecified atom stereocenters. The molecule has 0 atom stereocenters. The second kappa shape index (κ2) is 12.4. The molecule has 272 valence electrons. The van der Waals surface area contributed by atoms with Crippen LogP contribution < -0.4 is 26.2 Å². The highest BCUT2D eigenvalue weighted by molar-refractivity contribution is 7.00. The van der Waals surface area contributed by atoms with Crippen LogP contribution >= 0.6 is 0 Å². The number of benzene rings is 11. The number of rotatable bonds is 3. The van der Waals surface area contributed by atoms with E-state index < -0.39 is 0 Å². The van der Waals surface area contributed by atoms with E-state index in [1.54, 1.807) is 0 Å². The molecule has 0 saturated carbocycles. The van der Waals surface area contributed by atoms with Gasteiger partial charge in [-0.3, -0.25) is 0 Å². The van der Waals surface area contributed by atoms with E-state index in [2.05, 4.69) is 222 Å². The lowest BCUT2D eigenvalue weighted by molar-refractivity contribution is 1.26. The van der Waals surface area contributed by atoms with Crippen molar-refractivity contribution in [2.75, 3.05) is 9.80 Å². The Morgan fingerprint density at radius 3 is 1.25 bits per heavy atom. The van der Waals surface area contributed by atoms with Crippen LogP contribution in [-0.2, 0) is 0 Å². The molecule has 0 fully saturated rings. The van der Waals surface area contributed by atoms with Gasteiger partial charge in [0.15, 0.2) is 0 Å². The van der Waals surface area contributed by atoms with Crippen LogP contribution in [0.1, 0.15) is 0 Å². The first-order chi connectivity index (χ1) is 29.2. The zero-order chi connectivity index (χ0) is 38.6. The molecule has 0 radical (unpaired) electrons. The number of nitrogens with zero attached hydrogens (tertiary/aromatic N) is 2. The predicted octanol–water partition coefficient (Wildman–Crippen LogP) is 13.2. The van der Waals surface area contributed by atoms with E-state index >= 15 is 0 Å². The molecule has 2 heterocycles. The van der Waals surface area contributed by atoms with Crippen LogP contribution in [-0.4, -0.2) is 6.71 Å². The maximum Gasteiger partial charge on any atom is 0.252 e. The maximum absolute atomic E-state index is 2.54. The van der Waals surface area contributed by atoms with Crippen LogP contribution in [0.3, 0.4) is 0 Å². The van der Waals surface area contributed by atoms with Crippen molar-refractivity contribution in [1.82, 2.24) is 0 Å². The minimum atomic E-state index is -0.0117. The molecule has 2 aliphatic heterocycles. The Morgan fingerprint density at radius 2 is 0.712 bits per heavy atom. The fourth-order valence-corrected chi connectivity index (χ4v) is 10.2. The van der Waals surface area contributed by atoms with Crippen LogP contribution in [0.2, 0.25) is 0 Å². The molecule has 0 N–H and O–H groups in total. The highest BCUT2D eigenvalue weighted by atomic mass is 15.2. The van der Waals surface area contributed by atoms with Crippen LogP contribution in [0.15, 0.2) is 212 Å². The molecule has 0 aromatic heterocycles. The summed E-state index contributed by atoms with van der Waals surface area (Å²) in [4.78, 5) is 5.08. The summed E-state index contributed by atoms with van der Waals surface area (Å²) in [6.45, 7) is -0.0117. The number of fused-ring (bicyclic) bond motifs is 11. The lowest BCUT2D eigenvalue weighted by Gasteiger charge is -2.44. The Balaban J connectivity index is 1.20. The van der Waals surface area contributed by atoms with Crippen molar-refractivity contribution in [3.05, 3.63) is 212 Å². The topological polar surface area (TPSA) is 6.48 Å².